The quantitative estimate of drug-likeness (QED) is 0.520. The molecule has 0 fully saturated rings. The zero-order valence-electron chi connectivity index (χ0n) is 13.4. The van der Waals surface area contributed by atoms with Gasteiger partial charge in [0.25, 0.3) is 5.22 Å². The van der Waals surface area contributed by atoms with Crippen LogP contribution < -0.4 is 5.32 Å². The molecular formula is C17H12BrClFN3O2S. The predicted molar refractivity (Wildman–Crippen MR) is 103 cm³/mol. The van der Waals surface area contributed by atoms with E-state index in [1.165, 1.54) is 18.2 Å². The third-order valence-electron chi connectivity index (χ3n) is 3.34. The topological polar surface area (TPSA) is 68.0 Å². The van der Waals surface area contributed by atoms with Crippen molar-refractivity contribution in [3.05, 3.63) is 57.8 Å². The Morgan fingerprint density at radius 1 is 1.31 bits per heavy atom. The van der Waals surface area contributed by atoms with E-state index >= 15 is 0 Å². The summed E-state index contributed by atoms with van der Waals surface area (Å²) in [6.07, 6.45) is 0. The van der Waals surface area contributed by atoms with Crippen molar-refractivity contribution in [2.24, 2.45) is 0 Å². The summed E-state index contributed by atoms with van der Waals surface area (Å²) in [6.45, 7) is 1.70. The molecule has 134 valence electrons. The number of amides is 1. The number of carbonyl (C=O) groups excluding carboxylic acids is 1. The van der Waals surface area contributed by atoms with Crippen molar-refractivity contribution in [1.29, 1.82) is 0 Å². The third-order valence-corrected chi connectivity index (χ3v) is 5.26. The maximum atomic E-state index is 13.2. The molecule has 1 amide bonds. The Bertz CT molecular complexity index is 953. The molecule has 0 bridgehead atoms. The van der Waals surface area contributed by atoms with Gasteiger partial charge in [-0.25, -0.2) is 4.39 Å². The predicted octanol–water partition coefficient (Wildman–Crippen LogP) is 5.41. The van der Waals surface area contributed by atoms with Gasteiger partial charge < -0.3 is 9.73 Å². The van der Waals surface area contributed by atoms with Crippen molar-refractivity contribution in [2.75, 3.05) is 5.32 Å². The maximum absolute atomic E-state index is 13.2. The number of hydrogen-bond acceptors (Lipinski definition) is 5. The van der Waals surface area contributed by atoms with Gasteiger partial charge >= 0.3 is 0 Å². The molecule has 0 spiro atoms. The van der Waals surface area contributed by atoms with Gasteiger partial charge in [-0.15, -0.1) is 10.2 Å². The number of thioether (sulfide) groups is 1. The highest BCUT2D eigenvalue weighted by atomic mass is 79.9. The van der Waals surface area contributed by atoms with Crippen LogP contribution in [0.4, 0.5) is 10.1 Å². The van der Waals surface area contributed by atoms with Gasteiger partial charge in [-0.3, -0.25) is 4.79 Å². The minimum Gasteiger partial charge on any atom is -0.411 e. The van der Waals surface area contributed by atoms with Crippen LogP contribution in [0.15, 0.2) is 56.6 Å². The molecule has 1 unspecified atom stereocenters. The van der Waals surface area contributed by atoms with Crippen LogP contribution in [0.5, 0.6) is 0 Å². The highest BCUT2D eigenvalue weighted by molar-refractivity contribution is 9.10. The fraction of sp³-hybridized carbons (Fsp3) is 0.118. The second-order valence-electron chi connectivity index (χ2n) is 5.23. The van der Waals surface area contributed by atoms with Gasteiger partial charge in [-0.1, -0.05) is 35.5 Å². The van der Waals surface area contributed by atoms with Crippen LogP contribution >= 0.6 is 39.3 Å². The largest absolute Gasteiger partial charge is 0.411 e. The Balaban J connectivity index is 1.66. The Hall–Kier alpha value is -1.90. The first kappa shape index (κ1) is 18.9. The van der Waals surface area contributed by atoms with Crippen molar-refractivity contribution < 1.29 is 13.6 Å². The van der Waals surface area contributed by atoms with E-state index in [2.05, 4.69) is 31.4 Å². The monoisotopic (exact) mass is 455 g/mol. The van der Waals surface area contributed by atoms with Crippen molar-refractivity contribution in [3.8, 4) is 11.5 Å². The fourth-order valence-electron chi connectivity index (χ4n) is 2.02. The van der Waals surface area contributed by atoms with E-state index < -0.39 is 11.1 Å². The molecule has 3 rings (SSSR count). The van der Waals surface area contributed by atoms with E-state index in [1.807, 2.05) is 24.3 Å². The number of anilines is 1. The second kappa shape index (κ2) is 8.20. The van der Waals surface area contributed by atoms with Crippen LogP contribution in [-0.4, -0.2) is 21.4 Å². The molecule has 0 saturated carbocycles. The number of carbonyl (C=O) groups is 1. The van der Waals surface area contributed by atoms with Gasteiger partial charge in [0.1, 0.15) is 5.82 Å². The van der Waals surface area contributed by atoms with E-state index in [9.17, 15) is 9.18 Å². The van der Waals surface area contributed by atoms with Gasteiger partial charge in [-0.05, 0) is 53.2 Å². The number of hydrogen-bond donors (Lipinski definition) is 1. The summed E-state index contributed by atoms with van der Waals surface area (Å²) in [4.78, 5) is 12.3. The van der Waals surface area contributed by atoms with E-state index in [0.717, 1.165) is 21.8 Å². The molecule has 5 nitrogen and oxygen atoms in total. The average molecular weight is 457 g/mol. The second-order valence-corrected chi connectivity index (χ2v) is 7.78. The normalized spacial score (nSPS) is 12.0. The van der Waals surface area contributed by atoms with Gasteiger partial charge in [0, 0.05) is 10.2 Å². The molecule has 0 aliphatic heterocycles. The summed E-state index contributed by atoms with van der Waals surface area (Å²) in [5.74, 6) is -0.478. The van der Waals surface area contributed by atoms with Crippen LogP contribution in [0.3, 0.4) is 0 Å². The number of nitrogens with one attached hydrogen (secondary N) is 1. The Labute approximate surface area is 166 Å². The van der Waals surface area contributed by atoms with Crippen molar-refractivity contribution in [1.82, 2.24) is 10.2 Å². The summed E-state index contributed by atoms with van der Waals surface area (Å²) in [5, 5.41) is 10.3. The molecule has 0 aliphatic carbocycles. The molecular weight excluding hydrogens is 445 g/mol. The molecule has 3 aromatic rings. The number of nitrogens with zero attached hydrogens (tertiary/aromatic N) is 2. The standard InChI is InChI=1S/C17H12BrClFN3O2S/c1-9(15(24)21-10-6-7-14(20)13(19)8-10)26-17-23-22-16(25-17)11-4-2-3-5-12(11)18/h2-9H,1H3,(H,21,24). The summed E-state index contributed by atoms with van der Waals surface area (Å²) in [6, 6.07) is 11.4. The number of benzene rings is 2. The maximum Gasteiger partial charge on any atom is 0.277 e. The first-order valence-corrected chi connectivity index (χ1v) is 9.50. The van der Waals surface area contributed by atoms with Crippen molar-refractivity contribution >= 4 is 50.9 Å². The highest BCUT2D eigenvalue weighted by Crippen LogP contribution is 2.30. The molecule has 2 aromatic carbocycles. The van der Waals surface area contributed by atoms with Gasteiger partial charge in [0.05, 0.1) is 15.8 Å². The number of aromatic nitrogens is 2. The first-order valence-electron chi connectivity index (χ1n) is 7.45. The minimum absolute atomic E-state index is 0.0573. The van der Waals surface area contributed by atoms with Gasteiger partial charge in [0.15, 0.2) is 0 Å². The minimum atomic E-state index is -0.544. The number of rotatable bonds is 5. The third kappa shape index (κ3) is 4.44. The van der Waals surface area contributed by atoms with E-state index in [-0.39, 0.29) is 16.2 Å². The van der Waals surface area contributed by atoms with Crippen LogP contribution in [0.25, 0.3) is 11.5 Å². The lowest BCUT2D eigenvalue weighted by Crippen LogP contribution is -2.22. The Morgan fingerprint density at radius 2 is 2.08 bits per heavy atom. The fourth-order valence-corrected chi connectivity index (χ4v) is 3.34. The molecule has 0 aliphatic rings. The van der Waals surface area contributed by atoms with E-state index in [4.69, 9.17) is 16.0 Å². The molecule has 1 atom stereocenters. The Morgan fingerprint density at radius 3 is 2.81 bits per heavy atom. The zero-order chi connectivity index (χ0) is 18.7. The van der Waals surface area contributed by atoms with E-state index in [1.54, 1.807) is 6.92 Å². The van der Waals surface area contributed by atoms with Crippen molar-refractivity contribution in [3.63, 3.8) is 0 Å². The number of halogens is 3. The molecule has 26 heavy (non-hydrogen) atoms. The van der Waals surface area contributed by atoms with Crippen LogP contribution in [0.1, 0.15) is 6.92 Å². The smallest absolute Gasteiger partial charge is 0.277 e. The summed E-state index contributed by atoms with van der Waals surface area (Å²) in [7, 11) is 0. The lowest BCUT2D eigenvalue weighted by molar-refractivity contribution is -0.115. The average Bonchev–Trinajstić information content (AvgIpc) is 3.06. The van der Waals surface area contributed by atoms with E-state index in [0.29, 0.717) is 11.6 Å². The van der Waals surface area contributed by atoms with Crippen LogP contribution in [0.2, 0.25) is 5.02 Å². The summed E-state index contributed by atoms with van der Waals surface area (Å²) >= 11 is 10.3. The SMILES string of the molecule is CC(Sc1nnc(-c2ccccc2Br)o1)C(=O)Nc1ccc(F)c(Cl)c1. The lowest BCUT2D eigenvalue weighted by Gasteiger charge is -2.10. The summed E-state index contributed by atoms with van der Waals surface area (Å²) < 4.78 is 19.6. The highest BCUT2D eigenvalue weighted by Gasteiger charge is 2.19. The molecule has 1 N–H and O–H groups in total. The van der Waals surface area contributed by atoms with Crippen LogP contribution in [0, 0.1) is 5.82 Å². The first-order chi connectivity index (χ1) is 12.4. The van der Waals surface area contributed by atoms with Gasteiger partial charge in [-0.2, -0.15) is 0 Å². The van der Waals surface area contributed by atoms with Gasteiger partial charge in [0.2, 0.25) is 11.8 Å². The molecule has 1 heterocycles. The molecule has 0 radical (unpaired) electrons. The van der Waals surface area contributed by atoms with Crippen LogP contribution in [-0.2, 0) is 4.79 Å². The van der Waals surface area contributed by atoms with Crippen molar-refractivity contribution in [2.45, 2.75) is 17.4 Å². The summed E-state index contributed by atoms with van der Waals surface area (Å²) in [5.41, 5.74) is 1.18. The zero-order valence-corrected chi connectivity index (χ0v) is 16.5. The molecule has 9 heteroatoms. The molecule has 0 saturated heterocycles. The Kier molecular flexibility index (Phi) is 5.95. The molecule has 1 aromatic heterocycles. The lowest BCUT2D eigenvalue weighted by atomic mass is 10.2.